The Kier molecular flexibility index (Phi) is 3.98. The maximum Gasteiger partial charge on any atom is 0.226 e. The summed E-state index contributed by atoms with van der Waals surface area (Å²) in [4.78, 5) is 11.3. The van der Waals surface area contributed by atoms with Crippen LogP contribution in [-0.2, 0) is 11.3 Å². The molecule has 0 aliphatic carbocycles. The molecule has 1 amide bonds. The van der Waals surface area contributed by atoms with E-state index in [-0.39, 0.29) is 24.2 Å². The first-order chi connectivity index (χ1) is 6.36. The van der Waals surface area contributed by atoms with Gasteiger partial charge in [-0.15, -0.1) is 12.4 Å². The minimum atomic E-state index is 0. The summed E-state index contributed by atoms with van der Waals surface area (Å²) in [5.41, 5.74) is 0. The number of furan rings is 1. The molecule has 4 nitrogen and oxygen atoms in total. The summed E-state index contributed by atoms with van der Waals surface area (Å²) in [5, 5.41) is 5.87. The molecule has 0 bridgehead atoms. The Morgan fingerprint density at radius 1 is 1.64 bits per heavy atom. The van der Waals surface area contributed by atoms with E-state index in [0.717, 1.165) is 18.8 Å². The van der Waals surface area contributed by atoms with Crippen molar-refractivity contribution >= 4 is 18.3 Å². The highest BCUT2D eigenvalue weighted by Crippen LogP contribution is 2.04. The lowest BCUT2D eigenvalue weighted by Gasteiger charge is -2.25. The number of amides is 1. The molecule has 0 aromatic carbocycles. The quantitative estimate of drug-likeness (QED) is 0.776. The number of carbonyl (C=O) groups is 1. The molecule has 1 aromatic rings. The molecule has 1 saturated heterocycles. The molecule has 1 aliphatic rings. The zero-order valence-corrected chi connectivity index (χ0v) is 8.47. The van der Waals surface area contributed by atoms with Gasteiger partial charge in [-0.2, -0.15) is 0 Å². The second-order valence-electron chi connectivity index (χ2n) is 3.15. The van der Waals surface area contributed by atoms with Crippen molar-refractivity contribution < 1.29 is 9.21 Å². The summed E-state index contributed by atoms with van der Waals surface area (Å²) in [6.07, 6.45) is 1.60. The molecule has 0 radical (unpaired) electrons. The van der Waals surface area contributed by atoms with Crippen LogP contribution in [0.3, 0.4) is 0 Å². The zero-order valence-electron chi connectivity index (χ0n) is 7.66. The summed E-state index contributed by atoms with van der Waals surface area (Å²) in [6.45, 7) is 2.08. The van der Waals surface area contributed by atoms with Crippen LogP contribution in [0, 0.1) is 5.92 Å². The number of hydrogen-bond acceptors (Lipinski definition) is 3. The lowest BCUT2D eigenvalue weighted by atomic mass is 10.0. The summed E-state index contributed by atoms with van der Waals surface area (Å²) in [6, 6.07) is 3.66. The molecule has 2 N–H and O–H groups in total. The van der Waals surface area contributed by atoms with Gasteiger partial charge in [0.1, 0.15) is 5.76 Å². The summed E-state index contributed by atoms with van der Waals surface area (Å²) >= 11 is 0. The van der Waals surface area contributed by atoms with Crippen LogP contribution in [-0.4, -0.2) is 19.0 Å². The molecular weight excluding hydrogens is 204 g/mol. The SMILES string of the molecule is Cl.O=C(NCc1ccco1)C1CNC1. The molecule has 5 heteroatoms. The number of hydrogen-bond donors (Lipinski definition) is 2. The minimum absolute atomic E-state index is 0. The fourth-order valence-corrected chi connectivity index (χ4v) is 1.21. The molecule has 1 aliphatic heterocycles. The number of nitrogens with one attached hydrogen (secondary N) is 2. The number of rotatable bonds is 3. The van der Waals surface area contributed by atoms with E-state index in [1.165, 1.54) is 0 Å². The van der Waals surface area contributed by atoms with Crippen LogP contribution in [0.5, 0.6) is 0 Å². The Labute approximate surface area is 88.5 Å². The van der Waals surface area contributed by atoms with Crippen molar-refractivity contribution in [1.29, 1.82) is 0 Å². The number of carbonyl (C=O) groups excluding carboxylic acids is 1. The van der Waals surface area contributed by atoms with Crippen molar-refractivity contribution in [3.63, 3.8) is 0 Å². The zero-order chi connectivity index (χ0) is 9.10. The molecule has 1 fully saturated rings. The van der Waals surface area contributed by atoms with Gasteiger partial charge in [-0.05, 0) is 12.1 Å². The van der Waals surface area contributed by atoms with Gasteiger partial charge in [-0.25, -0.2) is 0 Å². The molecule has 2 rings (SSSR count). The Morgan fingerprint density at radius 3 is 2.93 bits per heavy atom. The summed E-state index contributed by atoms with van der Waals surface area (Å²) < 4.78 is 5.08. The first-order valence-corrected chi connectivity index (χ1v) is 4.37. The molecule has 0 unspecified atom stereocenters. The van der Waals surface area contributed by atoms with Gasteiger partial charge in [0.15, 0.2) is 0 Å². The van der Waals surface area contributed by atoms with E-state index in [1.54, 1.807) is 6.26 Å². The first kappa shape index (κ1) is 11.1. The van der Waals surface area contributed by atoms with Crippen molar-refractivity contribution in [2.75, 3.05) is 13.1 Å². The molecule has 14 heavy (non-hydrogen) atoms. The molecule has 1 aromatic heterocycles. The molecule has 0 atom stereocenters. The molecule has 2 heterocycles. The molecular formula is C9H13ClN2O2. The lowest BCUT2D eigenvalue weighted by Crippen LogP contribution is -2.50. The van der Waals surface area contributed by atoms with Crippen LogP contribution >= 0.6 is 12.4 Å². The van der Waals surface area contributed by atoms with Crippen molar-refractivity contribution in [3.05, 3.63) is 24.2 Å². The predicted octanol–water partition coefficient (Wildman–Crippen LogP) is 0.537. The van der Waals surface area contributed by atoms with E-state index < -0.39 is 0 Å². The number of halogens is 1. The van der Waals surface area contributed by atoms with Crippen LogP contribution in [0.15, 0.2) is 22.8 Å². The van der Waals surface area contributed by atoms with Crippen LogP contribution in [0.2, 0.25) is 0 Å². The summed E-state index contributed by atoms with van der Waals surface area (Å²) in [7, 11) is 0. The van der Waals surface area contributed by atoms with Gasteiger partial charge in [0.25, 0.3) is 0 Å². The van der Waals surface area contributed by atoms with E-state index >= 15 is 0 Å². The predicted molar refractivity (Wildman–Crippen MR) is 54.2 cm³/mol. The smallest absolute Gasteiger partial charge is 0.226 e. The van der Waals surface area contributed by atoms with Crippen molar-refractivity contribution in [3.8, 4) is 0 Å². The highest BCUT2D eigenvalue weighted by Gasteiger charge is 2.24. The van der Waals surface area contributed by atoms with Crippen LogP contribution in [0.25, 0.3) is 0 Å². The van der Waals surface area contributed by atoms with E-state index in [0.29, 0.717) is 6.54 Å². The fraction of sp³-hybridized carbons (Fsp3) is 0.444. The van der Waals surface area contributed by atoms with Crippen molar-refractivity contribution in [1.82, 2.24) is 10.6 Å². The van der Waals surface area contributed by atoms with Crippen molar-refractivity contribution in [2.24, 2.45) is 5.92 Å². The first-order valence-electron chi connectivity index (χ1n) is 4.37. The lowest BCUT2D eigenvalue weighted by molar-refractivity contribution is -0.126. The van der Waals surface area contributed by atoms with E-state index in [4.69, 9.17) is 4.42 Å². The Balaban J connectivity index is 0.000000980. The van der Waals surface area contributed by atoms with Gasteiger partial charge in [-0.3, -0.25) is 4.79 Å². The average molecular weight is 217 g/mol. The topological polar surface area (TPSA) is 54.3 Å². The van der Waals surface area contributed by atoms with Gasteiger partial charge in [0, 0.05) is 13.1 Å². The minimum Gasteiger partial charge on any atom is -0.467 e. The van der Waals surface area contributed by atoms with Crippen molar-refractivity contribution in [2.45, 2.75) is 6.54 Å². The van der Waals surface area contributed by atoms with Crippen LogP contribution in [0.4, 0.5) is 0 Å². The fourth-order valence-electron chi connectivity index (χ4n) is 1.21. The molecule has 78 valence electrons. The highest BCUT2D eigenvalue weighted by atomic mass is 35.5. The van der Waals surface area contributed by atoms with E-state index in [1.807, 2.05) is 12.1 Å². The van der Waals surface area contributed by atoms with E-state index in [9.17, 15) is 4.79 Å². The Morgan fingerprint density at radius 2 is 2.43 bits per heavy atom. The summed E-state index contributed by atoms with van der Waals surface area (Å²) in [5.74, 6) is 1.05. The van der Waals surface area contributed by atoms with E-state index in [2.05, 4.69) is 10.6 Å². The Bertz CT molecular complexity index is 283. The van der Waals surface area contributed by atoms with Crippen LogP contribution < -0.4 is 10.6 Å². The van der Waals surface area contributed by atoms with Gasteiger partial charge in [0.2, 0.25) is 5.91 Å². The third kappa shape index (κ3) is 2.49. The largest absolute Gasteiger partial charge is 0.467 e. The van der Waals surface area contributed by atoms with Gasteiger partial charge < -0.3 is 15.1 Å². The third-order valence-electron chi connectivity index (χ3n) is 2.17. The van der Waals surface area contributed by atoms with Gasteiger partial charge >= 0.3 is 0 Å². The van der Waals surface area contributed by atoms with Gasteiger partial charge in [0.05, 0.1) is 18.7 Å². The average Bonchev–Trinajstić information content (AvgIpc) is 2.49. The second kappa shape index (κ2) is 5.02. The normalized spacial score (nSPS) is 15.4. The molecule has 0 saturated carbocycles. The maximum atomic E-state index is 11.3. The molecule has 0 spiro atoms. The third-order valence-corrected chi connectivity index (χ3v) is 2.17. The standard InChI is InChI=1S/C9H12N2O2.ClH/c12-9(7-4-10-5-7)11-6-8-2-1-3-13-8;/h1-3,7,10H,4-6H2,(H,11,12);1H. The van der Waals surface area contributed by atoms with Crippen LogP contribution in [0.1, 0.15) is 5.76 Å². The van der Waals surface area contributed by atoms with Gasteiger partial charge in [-0.1, -0.05) is 0 Å². The Hall–Kier alpha value is -1.00. The monoisotopic (exact) mass is 216 g/mol. The maximum absolute atomic E-state index is 11.3. The second-order valence-corrected chi connectivity index (χ2v) is 3.15. The highest BCUT2D eigenvalue weighted by molar-refractivity contribution is 5.85.